The van der Waals surface area contributed by atoms with Gasteiger partial charge in [-0.2, -0.15) is 0 Å². The quantitative estimate of drug-likeness (QED) is 0.547. The van der Waals surface area contributed by atoms with Crippen molar-refractivity contribution in [1.82, 2.24) is 10.6 Å². The van der Waals surface area contributed by atoms with E-state index in [2.05, 4.69) is 31.4 Å². The van der Waals surface area contributed by atoms with Crippen molar-refractivity contribution in [3.05, 3.63) is 53.6 Å². The number of nitrogens with one attached hydrogen (secondary N) is 2. The summed E-state index contributed by atoms with van der Waals surface area (Å²) in [5, 5.41) is 5.98. The number of benzene rings is 2. The van der Waals surface area contributed by atoms with Crippen LogP contribution in [-0.2, 0) is 6.54 Å². The summed E-state index contributed by atoms with van der Waals surface area (Å²) in [7, 11) is 1.61. The maximum absolute atomic E-state index is 12.4. The lowest BCUT2D eigenvalue weighted by atomic mass is 10.2. The van der Waals surface area contributed by atoms with Crippen LogP contribution in [0, 0.1) is 5.92 Å². The van der Waals surface area contributed by atoms with E-state index in [4.69, 9.17) is 26.4 Å². The maximum atomic E-state index is 12.4. The van der Waals surface area contributed by atoms with Crippen molar-refractivity contribution in [2.75, 3.05) is 20.3 Å². The predicted molar refractivity (Wildman–Crippen MR) is 122 cm³/mol. The highest BCUT2D eigenvalue weighted by atomic mass is 32.1. The Balaban J connectivity index is 1.86. The molecular weight excluding hydrogens is 400 g/mol. The second-order valence-electron chi connectivity index (χ2n) is 7.20. The first-order valence-corrected chi connectivity index (χ1v) is 10.5. The molecule has 2 aromatic carbocycles. The van der Waals surface area contributed by atoms with Crippen LogP contribution in [-0.4, -0.2) is 31.3 Å². The summed E-state index contributed by atoms with van der Waals surface area (Å²) in [5.41, 5.74) is 1.47. The number of methoxy groups -OCH3 is 1. The molecule has 1 amide bonds. The Hall–Kier alpha value is -2.80. The Morgan fingerprint density at radius 3 is 2.43 bits per heavy atom. The highest BCUT2D eigenvalue weighted by Gasteiger charge is 2.10. The monoisotopic (exact) mass is 430 g/mol. The Morgan fingerprint density at radius 1 is 1.07 bits per heavy atom. The number of hydrogen-bond acceptors (Lipinski definition) is 5. The molecule has 0 aliphatic carbocycles. The standard InChI is InChI=1S/C23H30N2O4S/c1-5-12-28-20-11-6-17(13-21(20)27-4)14-24-23(30)25-22(26)18-7-9-19(10-8-18)29-15-16(2)3/h6-11,13,16H,5,12,14-15H2,1-4H3,(H2,24,25,26,30). The number of carbonyl (C=O) groups excluding carboxylic acids is 1. The van der Waals surface area contributed by atoms with Crippen molar-refractivity contribution < 1.29 is 19.0 Å². The van der Waals surface area contributed by atoms with E-state index in [0.717, 1.165) is 17.7 Å². The molecule has 0 unspecified atom stereocenters. The van der Waals surface area contributed by atoms with Crippen LogP contribution in [0.15, 0.2) is 42.5 Å². The first-order valence-electron chi connectivity index (χ1n) is 10.0. The molecule has 0 bridgehead atoms. The summed E-state index contributed by atoms with van der Waals surface area (Å²) in [6.45, 7) is 7.94. The van der Waals surface area contributed by atoms with E-state index in [1.165, 1.54) is 0 Å². The van der Waals surface area contributed by atoms with Gasteiger partial charge in [-0.15, -0.1) is 0 Å². The van der Waals surface area contributed by atoms with Crippen molar-refractivity contribution in [3.8, 4) is 17.2 Å². The fourth-order valence-electron chi connectivity index (χ4n) is 2.52. The summed E-state index contributed by atoms with van der Waals surface area (Å²) in [5.74, 6) is 2.28. The maximum Gasteiger partial charge on any atom is 0.257 e. The fourth-order valence-corrected chi connectivity index (χ4v) is 2.69. The minimum Gasteiger partial charge on any atom is -0.493 e. The zero-order valence-electron chi connectivity index (χ0n) is 18.0. The number of amides is 1. The molecule has 0 heterocycles. The van der Waals surface area contributed by atoms with Gasteiger partial charge in [-0.25, -0.2) is 0 Å². The van der Waals surface area contributed by atoms with Crippen LogP contribution in [0.2, 0.25) is 0 Å². The van der Waals surface area contributed by atoms with Crippen LogP contribution in [0.1, 0.15) is 43.1 Å². The molecule has 0 fully saturated rings. The van der Waals surface area contributed by atoms with E-state index in [-0.39, 0.29) is 11.0 Å². The van der Waals surface area contributed by atoms with Crippen molar-refractivity contribution in [2.45, 2.75) is 33.7 Å². The second kappa shape index (κ2) is 12.0. The third kappa shape index (κ3) is 7.55. The van der Waals surface area contributed by atoms with Gasteiger partial charge in [0, 0.05) is 12.1 Å². The Labute approximate surface area is 183 Å². The lowest BCUT2D eigenvalue weighted by Crippen LogP contribution is -2.38. The molecule has 0 radical (unpaired) electrons. The van der Waals surface area contributed by atoms with Gasteiger partial charge in [-0.1, -0.05) is 26.8 Å². The second-order valence-corrected chi connectivity index (χ2v) is 7.61. The van der Waals surface area contributed by atoms with Gasteiger partial charge in [0.15, 0.2) is 16.6 Å². The van der Waals surface area contributed by atoms with Crippen molar-refractivity contribution in [2.24, 2.45) is 5.92 Å². The molecule has 0 aliphatic rings. The van der Waals surface area contributed by atoms with Crippen LogP contribution in [0.4, 0.5) is 0 Å². The van der Waals surface area contributed by atoms with Crippen LogP contribution >= 0.6 is 12.2 Å². The molecular formula is C23H30N2O4S. The van der Waals surface area contributed by atoms with E-state index in [9.17, 15) is 4.79 Å². The number of carbonyl (C=O) groups is 1. The first-order chi connectivity index (χ1) is 14.4. The third-order valence-corrected chi connectivity index (χ3v) is 4.32. The number of hydrogen-bond donors (Lipinski definition) is 2. The van der Waals surface area contributed by atoms with Crippen molar-refractivity contribution in [1.29, 1.82) is 0 Å². The van der Waals surface area contributed by atoms with Gasteiger partial charge in [0.25, 0.3) is 5.91 Å². The normalized spacial score (nSPS) is 10.4. The number of rotatable bonds is 10. The molecule has 7 heteroatoms. The lowest BCUT2D eigenvalue weighted by Gasteiger charge is -2.13. The predicted octanol–water partition coefficient (Wildman–Crippen LogP) is 4.32. The van der Waals surface area contributed by atoms with Gasteiger partial charge in [-0.3, -0.25) is 10.1 Å². The van der Waals surface area contributed by atoms with E-state index >= 15 is 0 Å². The third-order valence-electron chi connectivity index (χ3n) is 4.07. The Morgan fingerprint density at radius 2 is 1.80 bits per heavy atom. The molecule has 162 valence electrons. The minimum absolute atomic E-state index is 0.255. The van der Waals surface area contributed by atoms with Gasteiger partial charge >= 0.3 is 0 Å². The van der Waals surface area contributed by atoms with Crippen LogP contribution in [0.3, 0.4) is 0 Å². The van der Waals surface area contributed by atoms with E-state index in [1.54, 1.807) is 31.4 Å². The highest BCUT2D eigenvalue weighted by molar-refractivity contribution is 7.80. The van der Waals surface area contributed by atoms with Gasteiger partial charge in [-0.05, 0) is 66.5 Å². The molecule has 2 aromatic rings. The minimum atomic E-state index is -0.274. The molecule has 0 aromatic heterocycles. The SMILES string of the molecule is CCCOc1ccc(CNC(=S)NC(=O)c2ccc(OCC(C)C)cc2)cc1OC. The van der Waals surface area contributed by atoms with Crippen molar-refractivity contribution in [3.63, 3.8) is 0 Å². The summed E-state index contributed by atoms with van der Waals surface area (Å²) in [6.07, 6.45) is 0.925. The van der Waals surface area contributed by atoms with Crippen LogP contribution < -0.4 is 24.8 Å². The van der Waals surface area contributed by atoms with E-state index < -0.39 is 0 Å². The molecule has 0 atom stereocenters. The highest BCUT2D eigenvalue weighted by Crippen LogP contribution is 2.28. The molecule has 2 N–H and O–H groups in total. The van der Waals surface area contributed by atoms with Crippen LogP contribution in [0.25, 0.3) is 0 Å². The molecule has 0 saturated heterocycles. The van der Waals surface area contributed by atoms with Gasteiger partial charge in [0.1, 0.15) is 5.75 Å². The zero-order valence-corrected chi connectivity index (χ0v) is 18.8. The lowest BCUT2D eigenvalue weighted by molar-refractivity contribution is 0.0976. The molecule has 0 saturated carbocycles. The largest absolute Gasteiger partial charge is 0.493 e. The molecule has 30 heavy (non-hydrogen) atoms. The number of thiocarbonyl (C=S) groups is 1. The topological polar surface area (TPSA) is 68.8 Å². The number of ether oxygens (including phenoxy) is 3. The van der Waals surface area contributed by atoms with Gasteiger partial charge < -0.3 is 19.5 Å². The Kier molecular flexibility index (Phi) is 9.41. The average molecular weight is 431 g/mol. The molecule has 2 rings (SSSR count). The summed E-state index contributed by atoms with van der Waals surface area (Å²) in [6, 6.07) is 12.7. The van der Waals surface area contributed by atoms with E-state index in [1.807, 2.05) is 18.2 Å². The summed E-state index contributed by atoms with van der Waals surface area (Å²) >= 11 is 5.25. The van der Waals surface area contributed by atoms with Crippen molar-refractivity contribution >= 4 is 23.2 Å². The molecule has 0 spiro atoms. The Bertz CT molecular complexity index is 838. The fraction of sp³-hybridized carbons (Fsp3) is 0.391. The zero-order chi connectivity index (χ0) is 21.9. The molecule has 6 nitrogen and oxygen atoms in total. The van der Waals surface area contributed by atoms with E-state index in [0.29, 0.717) is 42.7 Å². The average Bonchev–Trinajstić information content (AvgIpc) is 2.75. The smallest absolute Gasteiger partial charge is 0.257 e. The first kappa shape index (κ1) is 23.5. The summed E-state index contributed by atoms with van der Waals surface area (Å²) in [4.78, 5) is 12.4. The molecule has 0 aliphatic heterocycles. The van der Waals surface area contributed by atoms with Gasteiger partial charge in [0.05, 0.1) is 20.3 Å². The van der Waals surface area contributed by atoms with Gasteiger partial charge in [0.2, 0.25) is 0 Å². The summed E-state index contributed by atoms with van der Waals surface area (Å²) < 4.78 is 16.7. The van der Waals surface area contributed by atoms with Crippen LogP contribution in [0.5, 0.6) is 17.2 Å².